The van der Waals surface area contributed by atoms with Crippen molar-refractivity contribution in [3.05, 3.63) is 101 Å². The van der Waals surface area contributed by atoms with Crippen LogP contribution in [0, 0.1) is 0 Å². The van der Waals surface area contributed by atoms with Crippen molar-refractivity contribution in [1.29, 1.82) is 0 Å². The average molecular weight is 394 g/mol. The van der Waals surface area contributed by atoms with Gasteiger partial charge in [-0.05, 0) is 60.7 Å². The molecule has 0 fully saturated rings. The molecule has 3 rings (SSSR count). The molecule has 28 heavy (non-hydrogen) atoms. The van der Waals surface area contributed by atoms with Gasteiger partial charge in [0.2, 0.25) is 0 Å². The molecule has 0 aliphatic rings. The molecule has 0 heterocycles. The molecule has 3 aromatic rings. The van der Waals surface area contributed by atoms with Crippen LogP contribution in [0.4, 0.5) is 0 Å². The third-order valence-corrected chi connectivity index (χ3v) is 4.13. The van der Waals surface area contributed by atoms with Crippen molar-refractivity contribution in [3.63, 3.8) is 0 Å². The Bertz CT molecular complexity index is 983. The Labute approximate surface area is 166 Å². The lowest BCUT2D eigenvalue weighted by Gasteiger charge is -2.08. The Hall–Kier alpha value is -3.44. The second kappa shape index (κ2) is 8.97. The van der Waals surface area contributed by atoms with Crippen LogP contribution in [0.1, 0.15) is 26.3 Å². The average Bonchev–Trinajstić information content (AvgIpc) is 2.73. The zero-order valence-corrected chi connectivity index (χ0v) is 15.5. The Morgan fingerprint density at radius 3 is 1.93 bits per heavy atom. The summed E-state index contributed by atoms with van der Waals surface area (Å²) >= 11 is 5.83. The Kier molecular flexibility index (Phi) is 6.19. The molecule has 0 aliphatic carbocycles. The Morgan fingerprint density at radius 1 is 0.750 bits per heavy atom. The van der Waals surface area contributed by atoms with Crippen molar-refractivity contribution >= 4 is 29.2 Å². The number of halogens is 1. The molecule has 5 nitrogen and oxygen atoms in total. The molecule has 140 valence electrons. The number of rotatable bonds is 6. The standard InChI is InChI=1S/C22H16ClNO4/c23-18-10-6-15(7-11-18)21(26)16-8-12-19(13-9-16)28-14-20(25)24-22(27)17-4-2-1-3-5-17/h1-13H,14H2,(H,24,25,27). The van der Waals surface area contributed by atoms with Gasteiger partial charge in [-0.15, -0.1) is 0 Å². The van der Waals surface area contributed by atoms with Crippen LogP contribution in [-0.2, 0) is 4.79 Å². The molecule has 0 atom stereocenters. The van der Waals surface area contributed by atoms with E-state index >= 15 is 0 Å². The van der Waals surface area contributed by atoms with Crippen LogP contribution in [0.5, 0.6) is 5.75 Å². The number of ketones is 1. The van der Waals surface area contributed by atoms with Crippen LogP contribution in [0.15, 0.2) is 78.9 Å². The highest BCUT2D eigenvalue weighted by molar-refractivity contribution is 6.30. The fourth-order valence-corrected chi connectivity index (χ4v) is 2.57. The van der Waals surface area contributed by atoms with E-state index in [1.54, 1.807) is 78.9 Å². The summed E-state index contributed by atoms with van der Waals surface area (Å²) in [5, 5.41) is 2.81. The van der Waals surface area contributed by atoms with E-state index in [-0.39, 0.29) is 12.4 Å². The van der Waals surface area contributed by atoms with Crippen molar-refractivity contribution in [1.82, 2.24) is 5.32 Å². The smallest absolute Gasteiger partial charge is 0.264 e. The van der Waals surface area contributed by atoms with Gasteiger partial charge in [0, 0.05) is 21.7 Å². The third-order valence-electron chi connectivity index (χ3n) is 3.88. The first-order valence-corrected chi connectivity index (χ1v) is 8.83. The fourth-order valence-electron chi connectivity index (χ4n) is 2.44. The molecule has 1 N–H and O–H groups in total. The van der Waals surface area contributed by atoms with Gasteiger partial charge < -0.3 is 4.74 Å². The molecule has 0 bridgehead atoms. The highest BCUT2D eigenvalue weighted by Gasteiger charge is 2.12. The summed E-state index contributed by atoms with van der Waals surface area (Å²) in [5.74, 6) is -0.780. The largest absolute Gasteiger partial charge is 0.484 e. The van der Waals surface area contributed by atoms with Crippen LogP contribution >= 0.6 is 11.6 Å². The molecule has 0 unspecified atom stereocenters. The molecule has 0 aliphatic heterocycles. The number of nitrogens with one attached hydrogen (secondary N) is 1. The molecule has 0 saturated heterocycles. The molecule has 0 aromatic heterocycles. The maximum atomic E-state index is 12.4. The number of carbonyl (C=O) groups excluding carboxylic acids is 3. The van der Waals surface area contributed by atoms with Crippen molar-refractivity contribution < 1.29 is 19.1 Å². The van der Waals surface area contributed by atoms with Crippen molar-refractivity contribution in [2.24, 2.45) is 0 Å². The first kappa shape index (κ1) is 19.3. The Morgan fingerprint density at radius 2 is 1.32 bits per heavy atom. The second-order valence-electron chi connectivity index (χ2n) is 5.89. The molecule has 0 saturated carbocycles. The zero-order chi connectivity index (χ0) is 19.9. The first-order chi connectivity index (χ1) is 13.5. The molecule has 0 radical (unpaired) electrons. The fraction of sp³-hybridized carbons (Fsp3) is 0.0455. The predicted molar refractivity (Wildman–Crippen MR) is 106 cm³/mol. The monoisotopic (exact) mass is 393 g/mol. The minimum absolute atomic E-state index is 0.144. The summed E-state index contributed by atoms with van der Waals surface area (Å²) in [6.45, 7) is -0.316. The second-order valence-corrected chi connectivity index (χ2v) is 6.33. The summed E-state index contributed by atoms with van der Waals surface area (Å²) < 4.78 is 5.37. The number of amides is 2. The van der Waals surface area contributed by atoms with E-state index in [0.717, 1.165) is 0 Å². The van der Waals surface area contributed by atoms with Gasteiger partial charge in [0.1, 0.15) is 5.75 Å². The molecular formula is C22H16ClNO4. The van der Waals surface area contributed by atoms with Crippen molar-refractivity contribution in [2.75, 3.05) is 6.61 Å². The molecule has 6 heteroatoms. The maximum Gasteiger partial charge on any atom is 0.264 e. The van der Waals surface area contributed by atoms with Gasteiger partial charge in [-0.25, -0.2) is 0 Å². The summed E-state index contributed by atoms with van der Waals surface area (Å²) in [4.78, 5) is 36.2. The third kappa shape index (κ3) is 5.05. The number of ether oxygens (including phenoxy) is 1. The summed E-state index contributed by atoms with van der Waals surface area (Å²) in [6.07, 6.45) is 0. The van der Waals surface area contributed by atoms with Crippen molar-refractivity contribution in [2.45, 2.75) is 0 Å². The van der Waals surface area contributed by atoms with Gasteiger partial charge in [-0.2, -0.15) is 0 Å². The van der Waals surface area contributed by atoms with Gasteiger partial charge in [0.15, 0.2) is 12.4 Å². The predicted octanol–water partition coefficient (Wildman–Crippen LogP) is 3.91. The molecule has 0 spiro atoms. The van der Waals surface area contributed by atoms with E-state index in [9.17, 15) is 14.4 Å². The molecular weight excluding hydrogens is 378 g/mol. The normalized spacial score (nSPS) is 10.2. The SMILES string of the molecule is O=C(COc1ccc(C(=O)c2ccc(Cl)cc2)cc1)NC(=O)c1ccccc1. The van der Waals surface area contributed by atoms with Crippen molar-refractivity contribution in [3.8, 4) is 5.75 Å². The van der Waals surface area contributed by atoms with Gasteiger partial charge in [-0.3, -0.25) is 19.7 Å². The van der Waals surface area contributed by atoms with Crippen LogP contribution in [0.2, 0.25) is 5.02 Å². The molecule has 3 aromatic carbocycles. The number of benzene rings is 3. The summed E-state index contributed by atoms with van der Waals surface area (Å²) in [6, 6.07) is 21.5. The number of hydrogen-bond acceptors (Lipinski definition) is 4. The van der Waals surface area contributed by atoms with Gasteiger partial charge in [-0.1, -0.05) is 29.8 Å². The van der Waals surface area contributed by atoms with E-state index in [1.807, 2.05) is 0 Å². The quantitative estimate of drug-likeness (QED) is 0.644. The summed E-state index contributed by atoms with van der Waals surface area (Å²) in [5.41, 5.74) is 1.40. The zero-order valence-electron chi connectivity index (χ0n) is 14.7. The highest BCUT2D eigenvalue weighted by atomic mass is 35.5. The minimum atomic E-state index is -0.560. The Balaban J connectivity index is 1.54. The van der Waals surface area contributed by atoms with Crippen LogP contribution in [0.25, 0.3) is 0 Å². The van der Waals surface area contributed by atoms with Gasteiger partial charge in [0.25, 0.3) is 11.8 Å². The maximum absolute atomic E-state index is 12.4. The lowest BCUT2D eigenvalue weighted by atomic mass is 10.0. The van der Waals surface area contributed by atoms with E-state index in [1.165, 1.54) is 0 Å². The van der Waals surface area contributed by atoms with E-state index in [4.69, 9.17) is 16.3 Å². The van der Waals surface area contributed by atoms with E-state index < -0.39 is 11.8 Å². The topological polar surface area (TPSA) is 72.5 Å². The minimum Gasteiger partial charge on any atom is -0.484 e. The lowest BCUT2D eigenvalue weighted by molar-refractivity contribution is -0.122. The van der Waals surface area contributed by atoms with Gasteiger partial charge >= 0.3 is 0 Å². The van der Waals surface area contributed by atoms with Crippen LogP contribution in [-0.4, -0.2) is 24.2 Å². The van der Waals surface area contributed by atoms with Crippen LogP contribution < -0.4 is 10.1 Å². The van der Waals surface area contributed by atoms with Gasteiger partial charge in [0.05, 0.1) is 0 Å². The number of imide groups is 1. The molecule has 2 amide bonds. The van der Waals surface area contributed by atoms with E-state index in [2.05, 4.69) is 5.32 Å². The summed E-state index contributed by atoms with van der Waals surface area (Å²) in [7, 11) is 0. The number of hydrogen-bond donors (Lipinski definition) is 1. The number of carbonyl (C=O) groups is 3. The highest BCUT2D eigenvalue weighted by Crippen LogP contribution is 2.17. The first-order valence-electron chi connectivity index (χ1n) is 8.45. The van der Waals surface area contributed by atoms with Crippen LogP contribution in [0.3, 0.4) is 0 Å². The van der Waals surface area contributed by atoms with E-state index in [0.29, 0.717) is 27.5 Å². The lowest BCUT2D eigenvalue weighted by Crippen LogP contribution is -2.34.